The third kappa shape index (κ3) is 5.42. The number of nitriles is 1. The summed E-state index contributed by atoms with van der Waals surface area (Å²) in [6.45, 7) is 2.81. The molecule has 1 aliphatic heterocycles. The van der Waals surface area contributed by atoms with Gasteiger partial charge in [-0.05, 0) is 37.5 Å². The molecule has 164 valence electrons. The summed E-state index contributed by atoms with van der Waals surface area (Å²) in [6, 6.07) is 10.3. The molecule has 0 bridgehead atoms. The molecule has 8 nitrogen and oxygen atoms in total. The van der Waals surface area contributed by atoms with Crippen LogP contribution in [0, 0.1) is 11.3 Å². The smallest absolute Gasteiger partial charge is 0.410 e. The molecule has 1 aliphatic rings. The molecule has 2 heterocycles. The van der Waals surface area contributed by atoms with Crippen molar-refractivity contribution in [3.8, 4) is 6.07 Å². The van der Waals surface area contributed by atoms with Crippen LogP contribution in [-0.2, 0) is 32.3 Å². The maximum absolute atomic E-state index is 12.4. The fraction of sp³-hybridized carbons (Fsp3) is 0.381. The molecule has 0 unspecified atom stereocenters. The number of benzene rings is 1. The first-order valence-corrected chi connectivity index (χ1v) is 12.4. The van der Waals surface area contributed by atoms with Crippen LogP contribution in [0.4, 0.5) is 9.80 Å². The SMILES string of the molecule is CCOC(=O)N1CCc2c(sc(NC(=O)CCCS(=O)(=O)c3ccccc3)c2C#N)C1. The van der Waals surface area contributed by atoms with E-state index >= 15 is 0 Å². The van der Waals surface area contributed by atoms with Crippen LogP contribution >= 0.6 is 11.3 Å². The highest BCUT2D eigenvalue weighted by atomic mass is 32.2. The molecule has 0 fully saturated rings. The van der Waals surface area contributed by atoms with E-state index in [1.807, 2.05) is 0 Å². The fourth-order valence-corrected chi connectivity index (χ4v) is 5.90. The van der Waals surface area contributed by atoms with Crippen molar-refractivity contribution in [1.82, 2.24) is 4.90 Å². The number of nitrogens with one attached hydrogen (secondary N) is 1. The second kappa shape index (κ2) is 9.94. The summed E-state index contributed by atoms with van der Waals surface area (Å²) in [6.07, 6.45) is 0.310. The highest BCUT2D eigenvalue weighted by Gasteiger charge is 2.28. The van der Waals surface area contributed by atoms with E-state index in [4.69, 9.17) is 4.74 Å². The summed E-state index contributed by atoms with van der Waals surface area (Å²) >= 11 is 1.27. The van der Waals surface area contributed by atoms with E-state index in [1.165, 1.54) is 23.5 Å². The quantitative estimate of drug-likeness (QED) is 0.676. The van der Waals surface area contributed by atoms with Crippen molar-refractivity contribution in [3.63, 3.8) is 0 Å². The van der Waals surface area contributed by atoms with Gasteiger partial charge in [0.2, 0.25) is 5.91 Å². The Morgan fingerprint density at radius 1 is 1.29 bits per heavy atom. The number of fused-ring (bicyclic) bond motifs is 1. The molecule has 1 N–H and O–H groups in total. The zero-order chi connectivity index (χ0) is 22.4. The number of sulfone groups is 1. The lowest BCUT2D eigenvalue weighted by molar-refractivity contribution is -0.116. The Morgan fingerprint density at radius 2 is 2.03 bits per heavy atom. The number of ether oxygens (including phenoxy) is 1. The van der Waals surface area contributed by atoms with Gasteiger partial charge in [-0.1, -0.05) is 18.2 Å². The Bertz CT molecular complexity index is 1100. The molecule has 0 saturated heterocycles. The maximum Gasteiger partial charge on any atom is 0.410 e. The Labute approximate surface area is 185 Å². The Kier molecular flexibility index (Phi) is 7.30. The zero-order valence-corrected chi connectivity index (χ0v) is 18.7. The van der Waals surface area contributed by atoms with E-state index < -0.39 is 15.9 Å². The van der Waals surface area contributed by atoms with Crippen molar-refractivity contribution >= 4 is 38.2 Å². The standard InChI is InChI=1S/C21H23N3O5S2/c1-2-29-21(26)24-11-10-16-17(13-22)20(30-18(16)14-24)23-19(25)9-6-12-31(27,28)15-7-4-3-5-8-15/h3-5,7-8H,2,6,9-12,14H2,1H3,(H,23,25). The third-order valence-corrected chi connectivity index (χ3v) is 7.82. The highest BCUT2D eigenvalue weighted by Crippen LogP contribution is 2.36. The number of nitrogens with zero attached hydrogens (tertiary/aromatic N) is 2. The van der Waals surface area contributed by atoms with Crippen LogP contribution < -0.4 is 5.32 Å². The van der Waals surface area contributed by atoms with Gasteiger partial charge in [-0.2, -0.15) is 5.26 Å². The van der Waals surface area contributed by atoms with E-state index in [1.54, 1.807) is 30.0 Å². The van der Waals surface area contributed by atoms with Crippen LogP contribution in [0.25, 0.3) is 0 Å². The summed E-state index contributed by atoms with van der Waals surface area (Å²) < 4.78 is 29.7. The predicted octanol–water partition coefficient (Wildman–Crippen LogP) is 3.33. The molecule has 0 radical (unpaired) electrons. The number of carbonyl (C=O) groups is 2. The van der Waals surface area contributed by atoms with Crippen molar-refractivity contribution in [3.05, 3.63) is 46.3 Å². The van der Waals surface area contributed by atoms with Crippen LogP contribution in [0.1, 0.15) is 35.8 Å². The van der Waals surface area contributed by atoms with Crippen molar-refractivity contribution in [2.24, 2.45) is 0 Å². The molecule has 3 rings (SSSR count). The topological polar surface area (TPSA) is 117 Å². The lowest BCUT2D eigenvalue weighted by Gasteiger charge is -2.25. The molecule has 0 aliphatic carbocycles. The van der Waals surface area contributed by atoms with E-state index in [2.05, 4.69) is 11.4 Å². The number of anilines is 1. The second-order valence-electron chi connectivity index (χ2n) is 6.97. The summed E-state index contributed by atoms with van der Waals surface area (Å²) in [4.78, 5) is 27.0. The van der Waals surface area contributed by atoms with E-state index in [0.717, 1.165) is 10.4 Å². The average molecular weight is 462 g/mol. The number of hydrogen-bond donors (Lipinski definition) is 1. The molecule has 10 heteroatoms. The van der Waals surface area contributed by atoms with Gasteiger partial charge in [0.15, 0.2) is 9.84 Å². The first kappa shape index (κ1) is 22.8. The summed E-state index contributed by atoms with van der Waals surface area (Å²) in [5.74, 6) is -0.481. The van der Waals surface area contributed by atoms with Gasteiger partial charge in [0.05, 0.1) is 29.4 Å². The van der Waals surface area contributed by atoms with Crippen LogP contribution in [0.2, 0.25) is 0 Å². The maximum atomic E-state index is 12.4. The second-order valence-corrected chi connectivity index (χ2v) is 10.2. The number of thiophene rings is 1. The molecule has 1 aromatic carbocycles. The van der Waals surface area contributed by atoms with Gasteiger partial charge in [0, 0.05) is 17.8 Å². The summed E-state index contributed by atoms with van der Waals surface area (Å²) in [5.41, 5.74) is 1.25. The van der Waals surface area contributed by atoms with Crippen molar-refractivity contribution in [2.75, 3.05) is 24.2 Å². The van der Waals surface area contributed by atoms with Gasteiger partial charge in [-0.25, -0.2) is 13.2 Å². The number of hydrogen-bond acceptors (Lipinski definition) is 7. The van der Waals surface area contributed by atoms with Crippen molar-refractivity contribution < 1.29 is 22.7 Å². The van der Waals surface area contributed by atoms with Gasteiger partial charge < -0.3 is 15.0 Å². The molecular formula is C21H23N3O5S2. The normalized spacial score (nSPS) is 13.2. The predicted molar refractivity (Wildman–Crippen MR) is 117 cm³/mol. The van der Waals surface area contributed by atoms with Crippen LogP contribution in [-0.4, -0.2) is 44.2 Å². The lowest BCUT2D eigenvalue weighted by atomic mass is 10.0. The molecule has 0 atom stereocenters. The fourth-order valence-electron chi connectivity index (χ4n) is 3.34. The van der Waals surface area contributed by atoms with Crippen LogP contribution in [0.15, 0.2) is 35.2 Å². The highest BCUT2D eigenvalue weighted by molar-refractivity contribution is 7.91. The first-order valence-electron chi connectivity index (χ1n) is 9.89. The summed E-state index contributed by atoms with van der Waals surface area (Å²) in [7, 11) is -3.44. The number of rotatable bonds is 7. The Hall–Kier alpha value is -2.90. The zero-order valence-electron chi connectivity index (χ0n) is 17.1. The Balaban J connectivity index is 1.61. The molecule has 2 aromatic rings. The minimum atomic E-state index is -3.44. The molecule has 0 saturated carbocycles. The molecule has 1 aromatic heterocycles. The van der Waals surface area contributed by atoms with Crippen molar-refractivity contribution in [2.45, 2.75) is 37.6 Å². The van der Waals surface area contributed by atoms with Crippen LogP contribution in [0.5, 0.6) is 0 Å². The monoisotopic (exact) mass is 461 g/mol. The molecule has 0 spiro atoms. The molecule has 31 heavy (non-hydrogen) atoms. The minimum Gasteiger partial charge on any atom is -0.450 e. The molecular weight excluding hydrogens is 438 g/mol. The molecule has 2 amide bonds. The van der Waals surface area contributed by atoms with Gasteiger partial charge in [0.25, 0.3) is 0 Å². The van der Waals surface area contributed by atoms with Gasteiger partial charge >= 0.3 is 6.09 Å². The average Bonchev–Trinajstić information content (AvgIpc) is 3.10. The van der Waals surface area contributed by atoms with Gasteiger partial charge in [0.1, 0.15) is 11.1 Å². The summed E-state index contributed by atoms with van der Waals surface area (Å²) in [5, 5.41) is 12.7. The lowest BCUT2D eigenvalue weighted by Crippen LogP contribution is -2.35. The number of carbonyl (C=O) groups excluding carboxylic acids is 2. The van der Waals surface area contributed by atoms with Gasteiger partial charge in [-0.15, -0.1) is 11.3 Å². The van der Waals surface area contributed by atoms with Crippen LogP contribution in [0.3, 0.4) is 0 Å². The van der Waals surface area contributed by atoms with E-state index in [-0.39, 0.29) is 36.0 Å². The largest absolute Gasteiger partial charge is 0.450 e. The first-order chi connectivity index (χ1) is 14.9. The minimum absolute atomic E-state index is 0.0223. The Morgan fingerprint density at radius 3 is 2.71 bits per heavy atom. The van der Waals surface area contributed by atoms with E-state index in [9.17, 15) is 23.3 Å². The van der Waals surface area contributed by atoms with Gasteiger partial charge in [-0.3, -0.25) is 4.79 Å². The third-order valence-electron chi connectivity index (χ3n) is 4.87. The number of amides is 2. The van der Waals surface area contributed by atoms with Crippen molar-refractivity contribution in [1.29, 1.82) is 5.26 Å². The van der Waals surface area contributed by atoms with E-state index in [0.29, 0.717) is 30.1 Å².